The fourth-order valence-corrected chi connectivity index (χ4v) is 3.72. The highest BCUT2D eigenvalue weighted by atomic mass is 32.1. The maximum Gasteiger partial charge on any atom is 0.242 e. The fourth-order valence-electron chi connectivity index (χ4n) is 2.93. The summed E-state index contributed by atoms with van der Waals surface area (Å²) < 4.78 is 0. The summed E-state index contributed by atoms with van der Waals surface area (Å²) in [6.07, 6.45) is 5.94. The molecule has 0 aliphatic heterocycles. The lowest BCUT2D eigenvalue weighted by molar-refractivity contribution is -0.120. The fraction of sp³-hybridized carbons (Fsp3) is 0.667. The number of amides is 1. The molecule has 3 N–H and O–H groups in total. The van der Waals surface area contributed by atoms with Gasteiger partial charge < -0.3 is 16.0 Å². The second kappa shape index (κ2) is 10.3. The molecule has 1 amide bonds. The van der Waals surface area contributed by atoms with E-state index in [1.807, 2.05) is 6.92 Å². The van der Waals surface area contributed by atoms with Crippen molar-refractivity contribution in [1.82, 2.24) is 16.0 Å². The number of rotatable bonds is 7. The Hall–Kier alpha value is -1.56. The lowest BCUT2D eigenvalue weighted by Crippen LogP contribution is -2.41. The number of carbonyl (C=O) groups excluding carboxylic acids is 1. The Morgan fingerprint density at radius 3 is 2.79 bits per heavy atom. The van der Waals surface area contributed by atoms with E-state index < -0.39 is 0 Å². The molecule has 1 aliphatic carbocycles. The first-order chi connectivity index (χ1) is 11.7. The van der Waals surface area contributed by atoms with E-state index in [1.54, 1.807) is 11.3 Å². The predicted octanol–water partition coefficient (Wildman–Crippen LogP) is 2.86. The number of guanidine groups is 1. The van der Waals surface area contributed by atoms with Gasteiger partial charge in [0, 0.05) is 29.9 Å². The van der Waals surface area contributed by atoms with Gasteiger partial charge in [0.1, 0.15) is 6.54 Å². The van der Waals surface area contributed by atoms with Crippen LogP contribution in [-0.2, 0) is 4.79 Å². The molecule has 24 heavy (non-hydrogen) atoms. The normalized spacial score (nSPS) is 17.3. The van der Waals surface area contributed by atoms with Gasteiger partial charge in [-0.15, -0.1) is 11.3 Å². The predicted molar refractivity (Wildman–Crippen MR) is 102 cm³/mol. The van der Waals surface area contributed by atoms with Crippen molar-refractivity contribution in [3.8, 4) is 0 Å². The molecule has 1 unspecified atom stereocenters. The highest BCUT2D eigenvalue weighted by Gasteiger charge is 2.15. The molecule has 0 aromatic carbocycles. The Labute approximate surface area is 149 Å². The summed E-state index contributed by atoms with van der Waals surface area (Å²) in [4.78, 5) is 17.8. The van der Waals surface area contributed by atoms with Gasteiger partial charge in [-0.2, -0.15) is 0 Å². The van der Waals surface area contributed by atoms with Crippen LogP contribution in [0.3, 0.4) is 0 Å². The third kappa shape index (κ3) is 6.51. The summed E-state index contributed by atoms with van der Waals surface area (Å²) in [7, 11) is 0. The molecule has 134 valence electrons. The van der Waals surface area contributed by atoms with Gasteiger partial charge in [-0.3, -0.25) is 4.79 Å². The van der Waals surface area contributed by atoms with Crippen molar-refractivity contribution in [2.45, 2.75) is 57.9 Å². The van der Waals surface area contributed by atoms with E-state index in [9.17, 15) is 4.79 Å². The highest BCUT2D eigenvalue weighted by Crippen LogP contribution is 2.19. The van der Waals surface area contributed by atoms with E-state index in [0.29, 0.717) is 17.9 Å². The molecule has 6 heteroatoms. The van der Waals surface area contributed by atoms with Crippen molar-refractivity contribution in [1.29, 1.82) is 0 Å². The summed E-state index contributed by atoms with van der Waals surface area (Å²) in [6, 6.07) is 4.57. The molecule has 1 fully saturated rings. The maximum atomic E-state index is 12.1. The van der Waals surface area contributed by atoms with Gasteiger partial charge in [0.25, 0.3) is 0 Å². The molecule has 1 atom stereocenters. The second-order valence-electron chi connectivity index (χ2n) is 6.39. The van der Waals surface area contributed by atoms with Crippen molar-refractivity contribution in [2.24, 2.45) is 4.99 Å². The van der Waals surface area contributed by atoms with Gasteiger partial charge in [-0.05, 0) is 31.2 Å². The zero-order valence-corrected chi connectivity index (χ0v) is 15.6. The van der Waals surface area contributed by atoms with E-state index in [4.69, 9.17) is 0 Å². The van der Waals surface area contributed by atoms with E-state index in [-0.39, 0.29) is 12.5 Å². The number of nitrogens with zero attached hydrogens (tertiary/aromatic N) is 1. The minimum Gasteiger partial charge on any atom is -0.357 e. The molecule has 0 saturated heterocycles. The van der Waals surface area contributed by atoms with Crippen LogP contribution in [0, 0.1) is 0 Å². The van der Waals surface area contributed by atoms with Crippen LogP contribution in [0.25, 0.3) is 0 Å². The van der Waals surface area contributed by atoms with Gasteiger partial charge >= 0.3 is 0 Å². The van der Waals surface area contributed by atoms with Crippen LogP contribution in [0.1, 0.15) is 56.7 Å². The molecule has 0 spiro atoms. The van der Waals surface area contributed by atoms with Gasteiger partial charge in [0.2, 0.25) is 5.91 Å². The summed E-state index contributed by atoms with van der Waals surface area (Å²) in [6.45, 7) is 5.99. The third-order valence-corrected chi connectivity index (χ3v) is 5.40. The van der Waals surface area contributed by atoms with Crippen LogP contribution in [0.15, 0.2) is 22.5 Å². The van der Waals surface area contributed by atoms with Gasteiger partial charge in [0.15, 0.2) is 5.96 Å². The molecular weight excluding hydrogens is 320 g/mol. The first-order valence-electron chi connectivity index (χ1n) is 9.04. The summed E-state index contributed by atoms with van der Waals surface area (Å²) >= 11 is 1.77. The van der Waals surface area contributed by atoms with Crippen molar-refractivity contribution in [3.05, 3.63) is 22.4 Å². The molecule has 0 bridgehead atoms. The minimum atomic E-state index is 0.0189. The summed E-state index contributed by atoms with van der Waals surface area (Å²) in [5.74, 6) is 1.15. The monoisotopic (exact) mass is 350 g/mol. The van der Waals surface area contributed by atoms with Crippen molar-refractivity contribution in [2.75, 3.05) is 19.6 Å². The lowest BCUT2D eigenvalue weighted by Gasteiger charge is -2.22. The Morgan fingerprint density at radius 1 is 1.33 bits per heavy atom. The van der Waals surface area contributed by atoms with Gasteiger partial charge in [0.05, 0.1) is 0 Å². The topological polar surface area (TPSA) is 65.5 Å². The zero-order valence-electron chi connectivity index (χ0n) is 14.8. The zero-order chi connectivity index (χ0) is 17.2. The summed E-state index contributed by atoms with van der Waals surface area (Å²) in [5, 5.41) is 11.7. The number of carbonyl (C=O) groups is 1. The van der Waals surface area contributed by atoms with Crippen molar-refractivity contribution in [3.63, 3.8) is 0 Å². The molecule has 1 saturated carbocycles. The molecule has 2 rings (SSSR count). The van der Waals surface area contributed by atoms with Crippen LogP contribution < -0.4 is 16.0 Å². The molecular formula is C18H30N4OS. The van der Waals surface area contributed by atoms with Gasteiger partial charge in [-0.1, -0.05) is 32.3 Å². The van der Waals surface area contributed by atoms with E-state index >= 15 is 0 Å². The Bertz CT molecular complexity index is 509. The summed E-state index contributed by atoms with van der Waals surface area (Å²) in [5.41, 5.74) is 0. The lowest BCUT2D eigenvalue weighted by atomic mass is 9.95. The number of aliphatic imine (C=N–C) groups is 1. The van der Waals surface area contributed by atoms with E-state index in [2.05, 4.69) is 45.4 Å². The van der Waals surface area contributed by atoms with Gasteiger partial charge in [-0.25, -0.2) is 4.99 Å². The molecule has 5 nitrogen and oxygen atoms in total. The van der Waals surface area contributed by atoms with E-state index in [1.165, 1.54) is 24.1 Å². The van der Waals surface area contributed by atoms with Crippen LogP contribution in [0.5, 0.6) is 0 Å². The van der Waals surface area contributed by atoms with Crippen LogP contribution in [0.2, 0.25) is 0 Å². The Balaban J connectivity index is 1.77. The number of hydrogen-bond acceptors (Lipinski definition) is 3. The van der Waals surface area contributed by atoms with Crippen molar-refractivity contribution >= 4 is 23.2 Å². The molecule has 1 aromatic rings. The smallest absolute Gasteiger partial charge is 0.242 e. The minimum absolute atomic E-state index is 0.0189. The third-order valence-electron chi connectivity index (χ3n) is 4.30. The molecule has 0 radical (unpaired) electrons. The maximum absolute atomic E-state index is 12.1. The number of hydrogen-bond donors (Lipinski definition) is 3. The average Bonchev–Trinajstić information content (AvgIpc) is 3.12. The SMILES string of the molecule is CCNC(=NCC(=O)NC1CCCCC1)NCC(C)c1cccs1. The van der Waals surface area contributed by atoms with Crippen LogP contribution in [-0.4, -0.2) is 37.5 Å². The first-order valence-corrected chi connectivity index (χ1v) is 9.92. The molecule has 1 aliphatic rings. The number of nitrogens with one attached hydrogen (secondary N) is 3. The highest BCUT2D eigenvalue weighted by molar-refractivity contribution is 7.10. The number of thiophene rings is 1. The largest absolute Gasteiger partial charge is 0.357 e. The quantitative estimate of drug-likeness (QED) is 0.523. The first kappa shape index (κ1) is 18.8. The van der Waals surface area contributed by atoms with Crippen molar-refractivity contribution < 1.29 is 4.79 Å². The standard InChI is InChI=1S/C18H30N4OS/c1-3-19-18(20-12-14(2)16-10-7-11-24-16)21-13-17(23)22-15-8-5-4-6-9-15/h7,10-11,14-15H,3-6,8-9,12-13H2,1-2H3,(H,22,23)(H2,19,20,21). The molecule has 1 aromatic heterocycles. The van der Waals surface area contributed by atoms with Crippen LogP contribution in [0.4, 0.5) is 0 Å². The Morgan fingerprint density at radius 2 is 2.12 bits per heavy atom. The van der Waals surface area contributed by atoms with E-state index in [0.717, 1.165) is 25.9 Å². The Kier molecular flexibility index (Phi) is 8.08. The van der Waals surface area contributed by atoms with Crippen LogP contribution >= 0.6 is 11.3 Å². The molecule has 1 heterocycles. The second-order valence-corrected chi connectivity index (χ2v) is 7.37. The average molecular weight is 351 g/mol.